The van der Waals surface area contributed by atoms with Gasteiger partial charge in [-0.2, -0.15) is 0 Å². The maximum absolute atomic E-state index is 3.52. The zero-order valence-electron chi connectivity index (χ0n) is 13.0. The molecule has 0 atom stereocenters. The molecule has 1 N–H and O–H groups in total. The van der Waals surface area contributed by atoms with Crippen LogP contribution in [0.1, 0.15) is 11.1 Å². The standard InChI is InChI=1S/C19H23N3/c1-2-6-17(7-3-1)21-11-13-22(14-12-21)19-8-4-5-16-9-10-20-15-18(16)19/h1-8,20H,9-15H2. The van der Waals surface area contributed by atoms with Crippen molar-refractivity contribution in [3.63, 3.8) is 0 Å². The first kappa shape index (κ1) is 13.6. The van der Waals surface area contributed by atoms with Gasteiger partial charge in [0.2, 0.25) is 0 Å². The Morgan fingerprint density at radius 1 is 0.773 bits per heavy atom. The van der Waals surface area contributed by atoms with Crippen LogP contribution in [0.15, 0.2) is 48.5 Å². The first-order valence-corrected chi connectivity index (χ1v) is 8.28. The Bertz CT molecular complexity index is 630. The second kappa shape index (κ2) is 6.01. The van der Waals surface area contributed by atoms with Crippen LogP contribution < -0.4 is 15.1 Å². The fraction of sp³-hybridized carbons (Fsp3) is 0.368. The van der Waals surface area contributed by atoms with Gasteiger partial charge in [0.25, 0.3) is 0 Å². The number of piperazine rings is 1. The molecule has 1 fully saturated rings. The Hall–Kier alpha value is -2.00. The number of nitrogens with zero attached hydrogens (tertiary/aromatic N) is 2. The van der Waals surface area contributed by atoms with Gasteiger partial charge in [0.05, 0.1) is 0 Å². The van der Waals surface area contributed by atoms with E-state index in [-0.39, 0.29) is 0 Å². The van der Waals surface area contributed by atoms with Crippen LogP contribution in [0, 0.1) is 0 Å². The zero-order valence-corrected chi connectivity index (χ0v) is 13.0. The van der Waals surface area contributed by atoms with Crippen LogP contribution in [0.5, 0.6) is 0 Å². The van der Waals surface area contributed by atoms with Crippen LogP contribution >= 0.6 is 0 Å². The maximum Gasteiger partial charge on any atom is 0.0415 e. The van der Waals surface area contributed by atoms with Gasteiger partial charge in [-0.1, -0.05) is 30.3 Å². The van der Waals surface area contributed by atoms with E-state index < -0.39 is 0 Å². The van der Waals surface area contributed by atoms with Crippen molar-refractivity contribution >= 4 is 11.4 Å². The minimum absolute atomic E-state index is 1.02. The van der Waals surface area contributed by atoms with Gasteiger partial charge in [0, 0.05) is 44.1 Å². The van der Waals surface area contributed by atoms with Gasteiger partial charge in [-0.05, 0) is 42.3 Å². The third-order valence-electron chi connectivity index (χ3n) is 4.86. The Kier molecular flexibility index (Phi) is 3.73. The van der Waals surface area contributed by atoms with Crippen LogP contribution in [0.2, 0.25) is 0 Å². The predicted octanol–water partition coefficient (Wildman–Crippen LogP) is 2.66. The molecule has 0 spiro atoms. The average molecular weight is 293 g/mol. The van der Waals surface area contributed by atoms with Crippen LogP contribution in [-0.4, -0.2) is 32.7 Å². The molecule has 0 bridgehead atoms. The van der Waals surface area contributed by atoms with E-state index in [1.54, 1.807) is 0 Å². The number of fused-ring (bicyclic) bond motifs is 1. The number of benzene rings is 2. The lowest BCUT2D eigenvalue weighted by atomic mass is 9.98. The van der Waals surface area contributed by atoms with Gasteiger partial charge in [0.1, 0.15) is 0 Å². The molecule has 2 heterocycles. The summed E-state index contributed by atoms with van der Waals surface area (Å²) in [5.41, 5.74) is 5.83. The molecule has 2 aromatic rings. The number of hydrogen-bond acceptors (Lipinski definition) is 3. The van der Waals surface area contributed by atoms with Crippen molar-refractivity contribution in [1.82, 2.24) is 5.32 Å². The highest BCUT2D eigenvalue weighted by Gasteiger charge is 2.21. The van der Waals surface area contributed by atoms with Gasteiger partial charge in [-0.15, -0.1) is 0 Å². The van der Waals surface area contributed by atoms with Crippen molar-refractivity contribution in [3.05, 3.63) is 59.7 Å². The Labute approximate surface area is 132 Å². The second-order valence-electron chi connectivity index (χ2n) is 6.15. The Morgan fingerprint density at radius 2 is 1.55 bits per heavy atom. The third-order valence-corrected chi connectivity index (χ3v) is 4.86. The lowest BCUT2D eigenvalue weighted by molar-refractivity contribution is 0.623. The number of nitrogens with one attached hydrogen (secondary N) is 1. The fourth-order valence-electron chi connectivity index (χ4n) is 3.64. The number of hydrogen-bond donors (Lipinski definition) is 1. The minimum atomic E-state index is 1.02. The van der Waals surface area contributed by atoms with E-state index in [0.717, 1.165) is 45.7 Å². The summed E-state index contributed by atoms with van der Waals surface area (Å²) in [6.45, 7) is 6.53. The zero-order chi connectivity index (χ0) is 14.8. The lowest BCUT2D eigenvalue weighted by Crippen LogP contribution is -2.47. The SMILES string of the molecule is c1ccc(N2CCN(c3cccc4c3CNCC4)CC2)cc1. The first-order valence-electron chi connectivity index (χ1n) is 8.28. The Balaban J connectivity index is 1.50. The van der Waals surface area contributed by atoms with Crippen molar-refractivity contribution in [3.8, 4) is 0 Å². The first-order chi connectivity index (χ1) is 10.9. The molecule has 0 unspecified atom stereocenters. The van der Waals surface area contributed by atoms with E-state index >= 15 is 0 Å². The van der Waals surface area contributed by atoms with E-state index in [9.17, 15) is 0 Å². The monoisotopic (exact) mass is 293 g/mol. The summed E-state index contributed by atoms with van der Waals surface area (Å²) in [4.78, 5) is 5.05. The summed E-state index contributed by atoms with van der Waals surface area (Å²) in [5.74, 6) is 0. The van der Waals surface area contributed by atoms with Crippen molar-refractivity contribution in [1.29, 1.82) is 0 Å². The van der Waals surface area contributed by atoms with Gasteiger partial charge < -0.3 is 15.1 Å². The summed E-state index contributed by atoms with van der Waals surface area (Å²) in [6, 6.07) is 17.6. The number of anilines is 2. The van der Waals surface area contributed by atoms with E-state index in [1.165, 1.54) is 22.5 Å². The van der Waals surface area contributed by atoms with Crippen molar-refractivity contribution in [2.45, 2.75) is 13.0 Å². The molecule has 0 aliphatic carbocycles. The highest BCUT2D eigenvalue weighted by atomic mass is 15.3. The summed E-state index contributed by atoms with van der Waals surface area (Å²) >= 11 is 0. The second-order valence-corrected chi connectivity index (χ2v) is 6.15. The molecule has 0 aromatic heterocycles. The number of para-hydroxylation sites is 1. The summed E-state index contributed by atoms with van der Waals surface area (Å²) in [5, 5.41) is 3.52. The van der Waals surface area contributed by atoms with Crippen molar-refractivity contribution < 1.29 is 0 Å². The van der Waals surface area contributed by atoms with E-state index in [1.807, 2.05) is 0 Å². The van der Waals surface area contributed by atoms with Crippen molar-refractivity contribution in [2.75, 3.05) is 42.5 Å². The summed E-state index contributed by atoms with van der Waals surface area (Å²) in [6.07, 6.45) is 1.16. The average Bonchev–Trinajstić information content (AvgIpc) is 2.62. The molecule has 1 saturated heterocycles. The van der Waals surface area contributed by atoms with Gasteiger partial charge in [-0.3, -0.25) is 0 Å². The summed E-state index contributed by atoms with van der Waals surface area (Å²) < 4.78 is 0. The highest BCUT2D eigenvalue weighted by molar-refractivity contribution is 5.59. The van der Waals surface area contributed by atoms with E-state index in [0.29, 0.717) is 0 Å². The highest BCUT2D eigenvalue weighted by Crippen LogP contribution is 2.28. The molecular weight excluding hydrogens is 270 g/mol. The maximum atomic E-state index is 3.52. The summed E-state index contributed by atoms with van der Waals surface area (Å²) in [7, 11) is 0. The molecule has 114 valence electrons. The lowest BCUT2D eigenvalue weighted by Gasteiger charge is -2.39. The van der Waals surface area contributed by atoms with E-state index in [4.69, 9.17) is 0 Å². The molecule has 0 saturated carbocycles. The molecule has 22 heavy (non-hydrogen) atoms. The molecule has 3 heteroatoms. The fourth-order valence-corrected chi connectivity index (χ4v) is 3.64. The van der Waals surface area contributed by atoms with Crippen LogP contribution in [0.3, 0.4) is 0 Å². The molecule has 0 amide bonds. The Morgan fingerprint density at radius 3 is 2.36 bits per heavy atom. The number of rotatable bonds is 2. The van der Waals surface area contributed by atoms with Crippen LogP contribution in [0.4, 0.5) is 11.4 Å². The van der Waals surface area contributed by atoms with Crippen molar-refractivity contribution in [2.24, 2.45) is 0 Å². The van der Waals surface area contributed by atoms with Gasteiger partial charge in [-0.25, -0.2) is 0 Å². The van der Waals surface area contributed by atoms with E-state index in [2.05, 4.69) is 63.6 Å². The third kappa shape index (κ3) is 2.57. The predicted molar refractivity (Wildman–Crippen MR) is 92.7 cm³/mol. The molecule has 2 aliphatic rings. The van der Waals surface area contributed by atoms with Crippen LogP contribution in [0.25, 0.3) is 0 Å². The molecule has 4 rings (SSSR count). The largest absolute Gasteiger partial charge is 0.368 e. The molecule has 0 radical (unpaired) electrons. The van der Waals surface area contributed by atoms with Crippen LogP contribution in [-0.2, 0) is 13.0 Å². The quantitative estimate of drug-likeness (QED) is 0.918. The van der Waals surface area contributed by atoms with Gasteiger partial charge >= 0.3 is 0 Å². The van der Waals surface area contributed by atoms with Gasteiger partial charge in [0.15, 0.2) is 0 Å². The molecular formula is C19H23N3. The molecule has 2 aromatic carbocycles. The molecule has 2 aliphatic heterocycles. The molecule has 3 nitrogen and oxygen atoms in total. The smallest absolute Gasteiger partial charge is 0.0415 e. The normalized spacial score (nSPS) is 18.2. The topological polar surface area (TPSA) is 18.5 Å². The minimum Gasteiger partial charge on any atom is -0.368 e.